The van der Waals surface area contributed by atoms with Crippen molar-refractivity contribution in [3.8, 4) is 22.5 Å². The van der Waals surface area contributed by atoms with Gasteiger partial charge in [0.15, 0.2) is 0 Å². The molecule has 4 heterocycles. The molecule has 0 N–H and O–H groups in total. The first-order chi connectivity index (χ1) is 25.8. The van der Waals surface area contributed by atoms with Crippen LogP contribution in [0.2, 0.25) is 0 Å². The summed E-state index contributed by atoms with van der Waals surface area (Å²) in [6.45, 7) is 0. The van der Waals surface area contributed by atoms with E-state index in [9.17, 15) is 0 Å². The minimum atomic E-state index is -0.490. The van der Waals surface area contributed by atoms with Crippen LogP contribution >= 0.6 is 11.8 Å². The largest absolute Gasteiger partial charge is 0.309 e. The molecular weight excluding hydrogens is 649 g/mol. The van der Waals surface area contributed by atoms with Crippen LogP contribution in [0, 0.1) is 0 Å². The van der Waals surface area contributed by atoms with Gasteiger partial charge in [0.05, 0.1) is 33.2 Å². The third kappa shape index (κ3) is 3.56. The van der Waals surface area contributed by atoms with Crippen molar-refractivity contribution in [1.82, 2.24) is 9.13 Å². The molecule has 0 radical (unpaired) electrons. The first-order valence-electron chi connectivity index (χ1n) is 17.9. The molecule has 12 rings (SSSR count). The van der Waals surface area contributed by atoms with E-state index in [0.717, 1.165) is 0 Å². The molecule has 8 aromatic carbocycles. The average molecular weight is 679 g/mol. The van der Waals surface area contributed by atoms with E-state index < -0.39 is 5.41 Å². The number of hydrogen-bond donors (Lipinski definition) is 0. The molecule has 0 bridgehead atoms. The molecular formula is C49H30N2S. The first-order valence-corrected chi connectivity index (χ1v) is 18.8. The highest BCUT2D eigenvalue weighted by molar-refractivity contribution is 7.99. The van der Waals surface area contributed by atoms with Gasteiger partial charge < -0.3 is 9.13 Å². The molecule has 1 unspecified atom stereocenters. The Hall–Kier alpha value is -6.29. The highest BCUT2D eigenvalue weighted by atomic mass is 32.2. The molecule has 2 nitrogen and oxygen atoms in total. The molecule has 0 saturated carbocycles. The molecule has 52 heavy (non-hydrogen) atoms. The third-order valence-electron chi connectivity index (χ3n) is 11.6. The molecule has 0 aliphatic carbocycles. The van der Waals surface area contributed by atoms with Gasteiger partial charge in [-0.3, -0.25) is 0 Å². The number of aromatic nitrogens is 2. The second-order valence-corrected chi connectivity index (χ2v) is 15.1. The van der Waals surface area contributed by atoms with Crippen molar-refractivity contribution in [2.75, 3.05) is 0 Å². The summed E-state index contributed by atoms with van der Waals surface area (Å²) in [6, 6.07) is 67.8. The molecule has 0 amide bonds. The zero-order valence-corrected chi connectivity index (χ0v) is 28.9. The van der Waals surface area contributed by atoms with Crippen LogP contribution in [0.25, 0.3) is 66.1 Å². The molecule has 2 aliphatic rings. The minimum Gasteiger partial charge on any atom is -0.309 e. The predicted octanol–water partition coefficient (Wildman–Crippen LogP) is 12.7. The maximum absolute atomic E-state index is 2.52. The first kappa shape index (κ1) is 28.4. The van der Waals surface area contributed by atoms with E-state index in [1.54, 1.807) is 0 Å². The van der Waals surface area contributed by atoms with Crippen LogP contribution in [0.3, 0.4) is 0 Å². The van der Waals surface area contributed by atoms with Gasteiger partial charge in [0.1, 0.15) is 0 Å². The maximum atomic E-state index is 2.52. The zero-order valence-electron chi connectivity index (χ0n) is 28.1. The van der Waals surface area contributed by atoms with Crippen molar-refractivity contribution in [2.45, 2.75) is 15.2 Å². The van der Waals surface area contributed by atoms with E-state index in [1.807, 2.05) is 11.8 Å². The Balaban J connectivity index is 1.11. The Morgan fingerprint density at radius 1 is 0.365 bits per heavy atom. The summed E-state index contributed by atoms with van der Waals surface area (Å²) in [5.74, 6) is 0. The number of fused-ring (bicyclic) bond motifs is 14. The molecule has 0 saturated heterocycles. The molecule has 3 heteroatoms. The van der Waals surface area contributed by atoms with E-state index in [1.165, 1.54) is 98.2 Å². The summed E-state index contributed by atoms with van der Waals surface area (Å²) in [7, 11) is 0. The van der Waals surface area contributed by atoms with E-state index in [4.69, 9.17) is 0 Å². The summed E-state index contributed by atoms with van der Waals surface area (Å²) >= 11 is 1.90. The highest BCUT2D eigenvalue weighted by Gasteiger charge is 2.49. The predicted molar refractivity (Wildman–Crippen MR) is 217 cm³/mol. The highest BCUT2D eigenvalue weighted by Crippen LogP contribution is 2.60. The molecule has 242 valence electrons. The van der Waals surface area contributed by atoms with Gasteiger partial charge >= 0.3 is 0 Å². The monoisotopic (exact) mass is 678 g/mol. The van der Waals surface area contributed by atoms with Crippen molar-refractivity contribution < 1.29 is 0 Å². The fraction of sp³-hybridized carbons (Fsp3) is 0.0204. The second-order valence-electron chi connectivity index (χ2n) is 14.0. The smallest absolute Gasteiger partial charge is 0.0764 e. The van der Waals surface area contributed by atoms with Crippen LogP contribution in [0.5, 0.6) is 0 Å². The van der Waals surface area contributed by atoms with Crippen LogP contribution in [-0.4, -0.2) is 9.13 Å². The fourth-order valence-electron chi connectivity index (χ4n) is 9.51. The topological polar surface area (TPSA) is 9.86 Å². The van der Waals surface area contributed by atoms with E-state index >= 15 is 0 Å². The zero-order chi connectivity index (χ0) is 34.0. The normalized spacial score (nSPS) is 15.7. The Bertz CT molecular complexity index is 3050. The Labute approximate surface area is 305 Å². The van der Waals surface area contributed by atoms with Gasteiger partial charge in [-0.05, 0) is 88.0 Å². The van der Waals surface area contributed by atoms with Crippen LogP contribution in [-0.2, 0) is 5.41 Å². The number of nitrogens with zero attached hydrogens (tertiary/aromatic N) is 2. The number of benzene rings is 8. The quantitative estimate of drug-likeness (QED) is 0.177. The van der Waals surface area contributed by atoms with E-state index in [0.29, 0.717) is 0 Å². The molecule has 1 atom stereocenters. The summed E-state index contributed by atoms with van der Waals surface area (Å²) in [5.41, 5.74) is 14.7. The molecule has 0 fully saturated rings. The molecule has 1 spiro atoms. The number of hydrogen-bond acceptors (Lipinski definition) is 1. The molecule has 10 aromatic rings. The maximum Gasteiger partial charge on any atom is 0.0764 e. The SMILES string of the molecule is c1ccc2c(c1)Sc1ccc(-c3ccc(-n4c5ccccc5c5ccccc54)cc3)cc1C21c2ccccc2-n2c3ccccc3c3cccc1c32. The van der Waals surface area contributed by atoms with Crippen LogP contribution in [0.15, 0.2) is 192 Å². The summed E-state index contributed by atoms with van der Waals surface area (Å²) in [4.78, 5) is 2.62. The standard InChI is InChI=1S/C49H30N2S/c1-6-19-42-34(12-1)35-13-2-7-20-43(35)50(42)33-27-24-31(25-28-33)32-26-29-47-41(30-32)49(39-17-5-10-23-46(39)52-47)38-16-4-9-22-45(38)51-44-21-8-3-14-36(44)37-15-11-18-40(49)48(37)51/h1-30H. The van der Waals surface area contributed by atoms with Gasteiger partial charge in [0.25, 0.3) is 0 Å². The summed E-state index contributed by atoms with van der Waals surface area (Å²) in [5, 5.41) is 5.15. The van der Waals surface area contributed by atoms with E-state index in [2.05, 4.69) is 191 Å². The minimum absolute atomic E-state index is 0.490. The number of rotatable bonds is 2. The van der Waals surface area contributed by atoms with Crippen molar-refractivity contribution in [3.05, 3.63) is 204 Å². The van der Waals surface area contributed by atoms with Crippen molar-refractivity contribution in [3.63, 3.8) is 0 Å². The van der Waals surface area contributed by atoms with Crippen molar-refractivity contribution in [2.24, 2.45) is 0 Å². The summed E-state index contributed by atoms with van der Waals surface area (Å²) in [6.07, 6.45) is 0. The molecule has 2 aliphatic heterocycles. The van der Waals surface area contributed by atoms with Crippen LogP contribution in [0.1, 0.15) is 22.3 Å². The Morgan fingerprint density at radius 3 is 1.65 bits per heavy atom. The van der Waals surface area contributed by atoms with Gasteiger partial charge in [-0.1, -0.05) is 139 Å². The van der Waals surface area contributed by atoms with Crippen molar-refractivity contribution >= 4 is 55.4 Å². The lowest BCUT2D eigenvalue weighted by Crippen LogP contribution is -2.37. The summed E-state index contributed by atoms with van der Waals surface area (Å²) < 4.78 is 4.91. The van der Waals surface area contributed by atoms with E-state index in [-0.39, 0.29) is 0 Å². The lowest BCUT2D eigenvalue weighted by atomic mass is 9.62. The Morgan fingerprint density at radius 2 is 0.904 bits per heavy atom. The van der Waals surface area contributed by atoms with Gasteiger partial charge in [0.2, 0.25) is 0 Å². The molecule has 2 aromatic heterocycles. The van der Waals surface area contributed by atoms with Gasteiger partial charge in [-0.2, -0.15) is 0 Å². The third-order valence-corrected chi connectivity index (χ3v) is 12.7. The Kier molecular flexibility index (Phi) is 5.67. The lowest BCUT2D eigenvalue weighted by molar-refractivity contribution is 0.690. The average Bonchev–Trinajstić information content (AvgIpc) is 3.73. The lowest BCUT2D eigenvalue weighted by Gasteiger charge is -2.45. The van der Waals surface area contributed by atoms with Gasteiger partial charge in [-0.25, -0.2) is 0 Å². The number of para-hydroxylation sites is 5. The van der Waals surface area contributed by atoms with Crippen LogP contribution < -0.4 is 0 Å². The fourth-order valence-corrected chi connectivity index (χ4v) is 10.7. The van der Waals surface area contributed by atoms with Crippen molar-refractivity contribution in [1.29, 1.82) is 0 Å². The van der Waals surface area contributed by atoms with Crippen LogP contribution in [0.4, 0.5) is 0 Å². The second kappa shape index (κ2) is 10.4. The van der Waals surface area contributed by atoms with Gasteiger partial charge in [-0.15, -0.1) is 0 Å². The van der Waals surface area contributed by atoms with Gasteiger partial charge in [0, 0.05) is 37.0 Å².